The summed E-state index contributed by atoms with van der Waals surface area (Å²) < 4.78 is 0. The van der Waals surface area contributed by atoms with E-state index in [-0.39, 0.29) is 69.0 Å². The van der Waals surface area contributed by atoms with Crippen LogP contribution in [-0.4, -0.2) is 6.21 Å². The van der Waals surface area contributed by atoms with Gasteiger partial charge in [-0.15, -0.1) is 0 Å². The third-order valence-corrected chi connectivity index (χ3v) is 4.00. The van der Waals surface area contributed by atoms with Crippen LogP contribution in [0.4, 0.5) is 5.82 Å². The second kappa shape index (κ2) is 5.86. The summed E-state index contributed by atoms with van der Waals surface area (Å²) in [6.45, 7) is 11.2. The molecule has 1 aliphatic heterocycles. The van der Waals surface area contributed by atoms with Gasteiger partial charge in [-0.25, -0.2) is 0 Å². The number of rotatable bonds is 0. The molecule has 0 saturated heterocycles. The number of allylic oxidation sites excluding steroid dienone is 2. The quantitative estimate of drug-likeness (QED) is 0.658. The first-order valence-corrected chi connectivity index (χ1v) is 6.20. The summed E-state index contributed by atoms with van der Waals surface area (Å²) in [4.78, 5) is 8.91. The molecule has 18 heavy (non-hydrogen) atoms. The normalized spacial score (nSPS) is 30.6. The fraction of sp³-hybridized carbons (Fsp3) is 0.533. The first-order chi connectivity index (χ1) is 7.83. The van der Waals surface area contributed by atoms with E-state index in [4.69, 9.17) is 0 Å². The maximum atomic E-state index is 4.59. The van der Waals surface area contributed by atoms with E-state index in [1.807, 2.05) is 12.4 Å². The number of fused-ring (bicyclic) bond motifs is 1. The van der Waals surface area contributed by atoms with Crippen molar-refractivity contribution in [2.75, 3.05) is 0 Å². The van der Waals surface area contributed by atoms with E-state index in [1.54, 1.807) is 0 Å². The van der Waals surface area contributed by atoms with Crippen LogP contribution < -0.4 is 63.2 Å². The van der Waals surface area contributed by atoms with Gasteiger partial charge >= 0.3 is 58.2 Å². The van der Waals surface area contributed by atoms with E-state index in [0.717, 1.165) is 5.82 Å². The van der Waals surface area contributed by atoms with E-state index >= 15 is 0 Å². The molecular weight excluding hydrogens is 294 g/mol. The predicted molar refractivity (Wildman–Crippen MR) is 73.0 cm³/mol. The number of aliphatic imine (C=N–C) groups is 1. The summed E-state index contributed by atoms with van der Waals surface area (Å²) in [7, 11) is 0. The zero-order valence-corrected chi connectivity index (χ0v) is 17.3. The van der Waals surface area contributed by atoms with Crippen LogP contribution in [0, 0.1) is 10.8 Å². The van der Waals surface area contributed by atoms with E-state index in [2.05, 4.69) is 62.8 Å². The molecule has 0 amide bonds. The van der Waals surface area contributed by atoms with Crippen molar-refractivity contribution in [1.29, 1.82) is 0 Å². The maximum absolute atomic E-state index is 4.59. The molecule has 2 atom stereocenters. The molecular formula is C15H21N2Rb. The van der Waals surface area contributed by atoms with Crippen molar-refractivity contribution < 1.29 is 58.2 Å². The molecule has 2 heterocycles. The van der Waals surface area contributed by atoms with E-state index < -0.39 is 0 Å². The Morgan fingerprint density at radius 1 is 1.33 bits per heavy atom. The van der Waals surface area contributed by atoms with Crippen LogP contribution in [0.1, 0.15) is 46.1 Å². The average Bonchev–Trinajstić information content (AvgIpc) is 2.67. The van der Waals surface area contributed by atoms with E-state index in [0.29, 0.717) is 5.92 Å². The second-order valence-corrected chi connectivity index (χ2v) is 6.16. The number of aromatic nitrogens is 1. The van der Waals surface area contributed by atoms with Gasteiger partial charge in [0, 0.05) is 5.41 Å². The first-order valence-electron chi connectivity index (χ1n) is 6.20. The topological polar surface area (TPSA) is 26.5 Å². The molecule has 0 saturated carbocycles. The van der Waals surface area contributed by atoms with Crippen molar-refractivity contribution in [2.24, 2.45) is 15.8 Å². The summed E-state index contributed by atoms with van der Waals surface area (Å²) in [5.41, 5.74) is 1.34. The predicted octanol–water partition coefficient (Wildman–Crippen LogP) is 1.08. The van der Waals surface area contributed by atoms with Crippen molar-refractivity contribution in [3.8, 4) is 0 Å². The third-order valence-electron chi connectivity index (χ3n) is 4.00. The summed E-state index contributed by atoms with van der Waals surface area (Å²) in [5.74, 6) is 1.25. The number of hydrogen-bond donors (Lipinski definition) is 0. The SMILES string of the molecule is CC1/C=C\C(C)(C(C)(C)C)/C=N\c2[n-]ccc21.[Rb+]. The molecule has 92 valence electrons. The Morgan fingerprint density at radius 2 is 2.00 bits per heavy atom. The molecule has 0 N–H and O–H groups in total. The van der Waals surface area contributed by atoms with Gasteiger partial charge in [0.2, 0.25) is 0 Å². The van der Waals surface area contributed by atoms with E-state index in [9.17, 15) is 0 Å². The fourth-order valence-electron chi connectivity index (χ4n) is 1.93. The molecule has 0 spiro atoms. The smallest absolute Gasteiger partial charge is 0.445 e. The Kier molecular flexibility index (Phi) is 5.39. The zero-order valence-electron chi connectivity index (χ0n) is 12.4. The monoisotopic (exact) mass is 314 g/mol. The number of hydrogen-bond acceptors (Lipinski definition) is 1. The van der Waals surface area contributed by atoms with Crippen LogP contribution in [0.5, 0.6) is 0 Å². The molecule has 2 rings (SSSR count). The van der Waals surface area contributed by atoms with E-state index in [1.165, 1.54) is 5.56 Å². The van der Waals surface area contributed by atoms with Crippen molar-refractivity contribution in [3.05, 3.63) is 30.0 Å². The zero-order chi connectivity index (χ0) is 12.7. The summed E-state index contributed by atoms with van der Waals surface area (Å²) in [6.07, 6.45) is 8.45. The number of nitrogens with zero attached hydrogens (tertiary/aromatic N) is 2. The molecule has 1 aliphatic rings. The van der Waals surface area contributed by atoms with Gasteiger partial charge in [0.25, 0.3) is 0 Å². The molecule has 3 heteroatoms. The van der Waals surface area contributed by atoms with Crippen LogP contribution in [0.15, 0.2) is 29.4 Å². The minimum absolute atomic E-state index is 0. The minimum atomic E-state index is -0.0299. The Bertz CT molecular complexity index is 465. The molecule has 0 aliphatic carbocycles. The van der Waals surface area contributed by atoms with Gasteiger partial charge < -0.3 is 9.98 Å². The Balaban J connectivity index is 0.00000162. The molecule has 1 aromatic heterocycles. The minimum Gasteiger partial charge on any atom is -0.445 e. The molecule has 2 unspecified atom stereocenters. The van der Waals surface area contributed by atoms with Gasteiger partial charge in [-0.05, 0) is 16.9 Å². The standard InChI is InChI=1S/C15H21N2.Rb/c1-11-6-8-15(5,14(2,3)4)10-17-13-12(11)7-9-16-13;/h6-11H,1-5H3;/q-1;+1/b8-6-,17-10-;. The Hall–Kier alpha value is 0.495. The first kappa shape index (κ1) is 16.5. The molecule has 0 aromatic carbocycles. The summed E-state index contributed by atoms with van der Waals surface area (Å²) >= 11 is 0. The van der Waals surface area contributed by atoms with Crippen molar-refractivity contribution in [2.45, 2.75) is 40.5 Å². The van der Waals surface area contributed by atoms with Gasteiger partial charge in [0.15, 0.2) is 0 Å². The molecule has 2 nitrogen and oxygen atoms in total. The molecule has 0 fully saturated rings. The van der Waals surface area contributed by atoms with Gasteiger partial charge in [-0.3, -0.25) is 0 Å². The fourth-order valence-corrected chi connectivity index (χ4v) is 1.93. The van der Waals surface area contributed by atoms with Gasteiger partial charge in [-0.2, -0.15) is 0 Å². The summed E-state index contributed by atoms with van der Waals surface area (Å²) in [6, 6.07) is 2.06. The van der Waals surface area contributed by atoms with Crippen molar-refractivity contribution in [1.82, 2.24) is 4.98 Å². The molecule has 0 bridgehead atoms. The summed E-state index contributed by atoms with van der Waals surface area (Å²) in [5, 5.41) is 0. The van der Waals surface area contributed by atoms with Crippen LogP contribution in [-0.2, 0) is 0 Å². The second-order valence-electron chi connectivity index (χ2n) is 6.16. The van der Waals surface area contributed by atoms with Gasteiger partial charge in [-0.1, -0.05) is 71.1 Å². The Morgan fingerprint density at radius 3 is 2.61 bits per heavy atom. The van der Waals surface area contributed by atoms with Crippen LogP contribution in [0.2, 0.25) is 0 Å². The van der Waals surface area contributed by atoms with Gasteiger partial charge in [0.1, 0.15) is 0 Å². The molecule has 1 aromatic rings. The van der Waals surface area contributed by atoms with Crippen molar-refractivity contribution >= 4 is 12.0 Å². The third kappa shape index (κ3) is 3.14. The van der Waals surface area contributed by atoms with Crippen LogP contribution in [0.25, 0.3) is 0 Å². The van der Waals surface area contributed by atoms with Gasteiger partial charge in [0.05, 0.1) is 0 Å². The Labute approximate surface area is 159 Å². The van der Waals surface area contributed by atoms with Crippen LogP contribution in [0.3, 0.4) is 0 Å². The molecule has 0 radical (unpaired) electrons. The largest absolute Gasteiger partial charge is 1.00 e. The maximum Gasteiger partial charge on any atom is 1.00 e. The van der Waals surface area contributed by atoms with Crippen molar-refractivity contribution in [3.63, 3.8) is 0 Å². The van der Waals surface area contributed by atoms with Crippen LogP contribution >= 0.6 is 0 Å². The average molecular weight is 315 g/mol.